The van der Waals surface area contributed by atoms with Gasteiger partial charge in [0, 0.05) is 0 Å². The fourth-order valence-corrected chi connectivity index (χ4v) is 1.62. The van der Waals surface area contributed by atoms with Gasteiger partial charge in [-0.1, -0.05) is 18.2 Å². The van der Waals surface area contributed by atoms with Crippen molar-refractivity contribution >= 4 is 0 Å². The van der Waals surface area contributed by atoms with Crippen molar-refractivity contribution in [1.82, 2.24) is 0 Å². The summed E-state index contributed by atoms with van der Waals surface area (Å²) >= 11 is 0. The standard InChI is InChI=1S/C11H11NO/c12-5-3-9-1-2-10-4-6-13-8-11(10)7-9/h1-2,7H,3-4,6,8H2. The Hall–Kier alpha value is -1.33. The molecule has 0 bridgehead atoms. The van der Waals surface area contributed by atoms with E-state index in [4.69, 9.17) is 10.00 Å². The average molecular weight is 173 g/mol. The van der Waals surface area contributed by atoms with Crippen LogP contribution in [0.3, 0.4) is 0 Å². The Bertz CT molecular complexity index is 352. The smallest absolute Gasteiger partial charge is 0.0719 e. The predicted octanol–water partition coefficient (Wildman–Crippen LogP) is 1.83. The summed E-state index contributed by atoms with van der Waals surface area (Å²) in [6, 6.07) is 8.38. The van der Waals surface area contributed by atoms with Crippen molar-refractivity contribution in [2.45, 2.75) is 19.4 Å². The van der Waals surface area contributed by atoms with Crippen LogP contribution in [0, 0.1) is 11.3 Å². The van der Waals surface area contributed by atoms with Gasteiger partial charge in [-0.2, -0.15) is 5.26 Å². The quantitative estimate of drug-likeness (QED) is 0.649. The molecular formula is C11H11NO. The van der Waals surface area contributed by atoms with E-state index in [0.29, 0.717) is 13.0 Å². The fourth-order valence-electron chi connectivity index (χ4n) is 1.62. The van der Waals surface area contributed by atoms with E-state index in [2.05, 4.69) is 18.2 Å². The Kier molecular flexibility index (Phi) is 2.29. The maximum Gasteiger partial charge on any atom is 0.0719 e. The molecule has 1 aromatic carbocycles. The summed E-state index contributed by atoms with van der Waals surface area (Å²) in [7, 11) is 0. The van der Waals surface area contributed by atoms with Crippen molar-refractivity contribution in [3.8, 4) is 6.07 Å². The molecule has 0 spiro atoms. The molecule has 1 aromatic rings. The van der Waals surface area contributed by atoms with E-state index in [9.17, 15) is 0 Å². The summed E-state index contributed by atoms with van der Waals surface area (Å²) in [4.78, 5) is 0. The third kappa shape index (κ3) is 1.71. The number of hydrogen-bond donors (Lipinski definition) is 0. The summed E-state index contributed by atoms with van der Waals surface area (Å²) in [5.41, 5.74) is 3.71. The zero-order chi connectivity index (χ0) is 9.10. The molecule has 66 valence electrons. The Morgan fingerprint density at radius 1 is 1.38 bits per heavy atom. The molecular weight excluding hydrogens is 162 g/mol. The summed E-state index contributed by atoms with van der Waals surface area (Å²) < 4.78 is 5.35. The van der Waals surface area contributed by atoms with Gasteiger partial charge in [0.2, 0.25) is 0 Å². The van der Waals surface area contributed by atoms with E-state index in [1.165, 1.54) is 11.1 Å². The molecule has 1 aliphatic rings. The molecule has 0 unspecified atom stereocenters. The lowest BCUT2D eigenvalue weighted by atomic mass is 9.99. The SMILES string of the molecule is N#CCc1ccc2c(c1)COCC2. The van der Waals surface area contributed by atoms with Gasteiger partial charge in [0.1, 0.15) is 0 Å². The largest absolute Gasteiger partial charge is 0.376 e. The minimum absolute atomic E-state index is 0.493. The molecule has 0 saturated heterocycles. The summed E-state index contributed by atoms with van der Waals surface area (Å²) in [6.45, 7) is 1.53. The van der Waals surface area contributed by atoms with Crippen molar-refractivity contribution in [1.29, 1.82) is 5.26 Å². The van der Waals surface area contributed by atoms with Gasteiger partial charge in [-0.25, -0.2) is 0 Å². The lowest BCUT2D eigenvalue weighted by molar-refractivity contribution is 0.110. The van der Waals surface area contributed by atoms with Gasteiger partial charge in [-0.3, -0.25) is 0 Å². The highest BCUT2D eigenvalue weighted by Gasteiger charge is 2.08. The van der Waals surface area contributed by atoms with Crippen molar-refractivity contribution < 1.29 is 4.74 Å². The maximum atomic E-state index is 8.54. The topological polar surface area (TPSA) is 33.0 Å². The molecule has 0 aliphatic carbocycles. The van der Waals surface area contributed by atoms with Gasteiger partial charge in [0.15, 0.2) is 0 Å². The van der Waals surface area contributed by atoms with E-state index in [1.807, 2.05) is 6.07 Å². The van der Waals surface area contributed by atoms with Gasteiger partial charge in [0.25, 0.3) is 0 Å². The monoisotopic (exact) mass is 173 g/mol. The first-order chi connectivity index (χ1) is 6.40. The highest BCUT2D eigenvalue weighted by atomic mass is 16.5. The van der Waals surface area contributed by atoms with Crippen LogP contribution < -0.4 is 0 Å². The van der Waals surface area contributed by atoms with Crippen molar-refractivity contribution in [3.63, 3.8) is 0 Å². The van der Waals surface area contributed by atoms with Gasteiger partial charge in [-0.05, 0) is 23.1 Å². The second-order valence-corrected chi connectivity index (χ2v) is 3.24. The Labute approximate surface area is 77.8 Å². The molecule has 0 N–H and O–H groups in total. The molecule has 0 fully saturated rings. The van der Waals surface area contributed by atoms with Crippen LogP contribution >= 0.6 is 0 Å². The summed E-state index contributed by atoms with van der Waals surface area (Å²) in [5.74, 6) is 0. The fraction of sp³-hybridized carbons (Fsp3) is 0.364. The number of hydrogen-bond acceptors (Lipinski definition) is 2. The molecule has 13 heavy (non-hydrogen) atoms. The highest BCUT2D eigenvalue weighted by molar-refractivity contribution is 5.33. The third-order valence-corrected chi connectivity index (χ3v) is 2.33. The van der Waals surface area contributed by atoms with Gasteiger partial charge >= 0.3 is 0 Å². The van der Waals surface area contributed by atoms with Crippen LogP contribution in [0.5, 0.6) is 0 Å². The zero-order valence-electron chi connectivity index (χ0n) is 7.42. The minimum atomic E-state index is 0.493. The number of benzene rings is 1. The lowest BCUT2D eigenvalue weighted by Gasteiger charge is -2.16. The molecule has 0 aromatic heterocycles. The number of nitrogens with zero attached hydrogens (tertiary/aromatic N) is 1. The number of nitriles is 1. The van der Waals surface area contributed by atoms with Crippen LogP contribution in [0.15, 0.2) is 18.2 Å². The summed E-state index contributed by atoms with van der Waals surface area (Å²) in [6.07, 6.45) is 1.50. The molecule has 2 rings (SSSR count). The van der Waals surface area contributed by atoms with Crippen molar-refractivity contribution in [3.05, 3.63) is 34.9 Å². The second kappa shape index (κ2) is 3.59. The van der Waals surface area contributed by atoms with Crippen LogP contribution in [-0.2, 0) is 24.2 Å². The van der Waals surface area contributed by atoms with Gasteiger partial charge < -0.3 is 4.74 Å². The van der Waals surface area contributed by atoms with E-state index < -0.39 is 0 Å². The van der Waals surface area contributed by atoms with Gasteiger partial charge in [0.05, 0.1) is 25.7 Å². The van der Waals surface area contributed by atoms with Crippen LogP contribution in [0.4, 0.5) is 0 Å². The minimum Gasteiger partial charge on any atom is -0.376 e. The Morgan fingerprint density at radius 3 is 3.15 bits per heavy atom. The van der Waals surface area contributed by atoms with Crippen molar-refractivity contribution in [2.75, 3.05) is 6.61 Å². The first-order valence-corrected chi connectivity index (χ1v) is 4.45. The number of rotatable bonds is 1. The lowest BCUT2D eigenvalue weighted by Crippen LogP contribution is -2.09. The van der Waals surface area contributed by atoms with Crippen LogP contribution in [-0.4, -0.2) is 6.61 Å². The molecule has 2 heteroatoms. The number of ether oxygens (including phenoxy) is 1. The normalized spacial score (nSPS) is 14.7. The Morgan fingerprint density at radius 2 is 2.31 bits per heavy atom. The molecule has 1 heterocycles. The number of fused-ring (bicyclic) bond motifs is 1. The molecule has 2 nitrogen and oxygen atoms in total. The predicted molar refractivity (Wildman–Crippen MR) is 49.1 cm³/mol. The summed E-state index contributed by atoms with van der Waals surface area (Å²) in [5, 5.41) is 8.54. The molecule has 0 amide bonds. The highest BCUT2D eigenvalue weighted by Crippen LogP contribution is 2.18. The first kappa shape index (κ1) is 8.28. The Balaban J connectivity index is 2.31. The van der Waals surface area contributed by atoms with E-state index in [1.54, 1.807) is 0 Å². The molecule has 0 atom stereocenters. The molecule has 0 radical (unpaired) electrons. The van der Waals surface area contributed by atoms with Crippen molar-refractivity contribution in [2.24, 2.45) is 0 Å². The zero-order valence-corrected chi connectivity index (χ0v) is 7.42. The van der Waals surface area contributed by atoms with E-state index >= 15 is 0 Å². The molecule has 1 aliphatic heterocycles. The second-order valence-electron chi connectivity index (χ2n) is 3.24. The average Bonchev–Trinajstić information content (AvgIpc) is 2.18. The van der Waals surface area contributed by atoms with Gasteiger partial charge in [-0.15, -0.1) is 0 Å². The molecule has 0 saturated carbocycles. The van der Waals surface area contributed by atoms with Crippen LogP contribution in [0.1, 0.15) is 16.7 Å². The van der Waals surface area contributed by atoms with E-state index in [0.717, 1.165) is 18.6 Å². The van der Waals surface area contributed by atoms with Crippen LogP contribution in [0.2, 0.25) is 0 Å². The van der Waals surface area contributed by atoms with E-state index in [-0.39, 0.29) is 0 Å². The maximum absolute atomic E-state index is 8.54. The van der Waals surface area contributed by atoms with Crippen LogP contribution in [0.25, 0.3) is 0 Å². The third-order valence-electron chi connectivity index (χ3n) is 2.33. The first-order valence-electron chi connectivity index (χ1n) is 4.45.